The third-order valence-corrected chi connectivity index (χ3v) is 4.91. The summed E-state index contributed by atoms with van der Waals surface area (Å²) in [5.41, 5.74) is 0. The van der Waals surface area contributed by atoms with Crippen molar-refractivity contribution in [2.75, 3.05) is 38.2 Å². The summed E-state index contributed by atoms with van der Waals surface area (Å²) in [5, 5.41) is 4.06. The summed E-state index contributed by atoms with van der Waals surface area (Å²) in [5.74, 6) is 3.13. The van der Waals surface area contributed by atoms with Gasteiger partial charge in [-0.2, -0.15) is 11.8 Å². The van der Waals surface area contributed by atoms with E-state index in [1.165, 1.54) is 0 Å². The predicted molar refractivity (Wildman–Crippen MR) is 100 cm³/mol. The maximum Gasteiger partial charge on any atom is 0.223 e. The van der Waals surface area contributed by atoms with E-state index >= 15 is 0 Å². The Bertz CT molecular complexity index is 485. The lowest BCUT2D eigenvalue weighted by molar-refractivity contribution is -0.130. The quantitative estimate of drug-likeness (QED) is 0.740. The highest BCUT2D eigenvalue weighted by molar-refractivity contribution is 7.99. The molecule has 1 amide bonds. The minimum atomic E-state index is 0. The number of amides is 1. The molecule has 0 spiro atoms. The average molecular weight is 379 g/mol. The molecule has 0 aromatic heterocycles. The van der Waals surface area contributed by atoms with E-state index in [9.17, 15) is 4.79 Å². The third kappa shape index (κ3) is 7.66. The van der Waals surface area contributed by atoms with Crippen LogP contribution in [-0.4, -0.2) is 55.1 Å². The van der Waals surface area contributed by atoms with Crippen molar-refractivity contribution in [1.82, 2.24) is 10.2 Å². The van der Waals surface area contributed by atoms with Crippen molar-refractivity contribution in [3.8, 4) is 5.75 Å². The first-order valence-corrected chi connectivity index (χ1v) is 9.12. The highest BCUT2D eigenvalue weighted by atomic mass is 35.5. The summed E-state index contributed by atoms with van der Waals surface area (Å²) in [6.07, 6.45) is 1.39. The highest BCUT2D eigenvalue weighted by Gasteiger charge is 2.18. The van der Waals surface area contributed by atoms with Crippen LogP contribution >= 0.6 is 35.8 Å². The topological polar surface area (TPSA) is 41.6 Å². The van der Waals surface area contributed by atoms with Crippen molar-refractivity contribution in [3.63, 3.8) is 0 Å². The number of nitrogens with zero attached hydrogens (tertiary/aromatic N) is 1. The van der Waals surface area contributed by atoms with Crippen LogP contribution in [0.3, 0.4) is 0 Å². The van der Waals surface area contributed by atoms with Gasteiger partial charge in [0, 0.05) is 49.1 Å². The van der Waals surface area contributed by atoms with E-state index in [1.807, 2.05) is 37.0 Å². The molecule has 1 fully saturated rings. The van der Waals surface area contributed by atoms with Gasteiger partial charge in [-0.05, 0) is 24.6 Å². The fourth-order valence-corrected chi connectivity index (χ4v) is 3.42. The van der Waals surface area contributed by atoms with Crippen molar-refractivity contribution >= 4 is 41.7 Å². The summed E-state index contributed by atoms with van der Waals surface area (Å²) < 4.78 is 5.63. The minimum absolute atomic E-state index is 0. The number of thioether (sulfide) groups is 1. The lowest BCUT2D eigenvalue weighted by Gasteiger charge is -2.25. The van der Waals surface area contributed by atoms with E-state index in [0.717, 1.165) is 30.2 Å². The number of carbonyl (C=O) groups excluding carboxylic acids is 1. The normalized spacial score (nSPS) is 17.2. The van der Waals surface area contributed by atoms with E-state index in [0.29, 0.717) is 30.6 Å². The summed E-state index contributed by atoms with van der Waals surface area (Å²) >= 11 is 7.81. The molecule has 1 aliphatic heterocycles. The van der Waals surface area contributed by atoms with Gasteiger partial charge in [0.1, 0.15) is 5.75 Å². The van der Waals surface area contributed by atoms with Crippen molar-refractivity contribution in [1.29, 1.82) is 0 Å². The van der Waals surface area contributed by atoms with Crippen LogP contribution in [0, 0.1) is 0 Å². The molecule has 23 heavy (non-hydrogen) atoms. The van der Waals surface area contributed by atoms with Crippen molar-refractivity contribution in [2.24, 2.45) is 0 Å². The maximum atomic E-state index is 12.1. The second kappa shape index (κ2) is 11.0. The molecule has 1 aromatic rings. The number of halogens is 2. The van der Waals surface area contributed by atoms with Gasteiger partial charge in [-0.15, -0.1) is 12.4 Å². The zero-order chi connectivity index (χ0) is 15.8. The average Bonchev–Trinajstić information content (AvgIpc) is 2.52. The zero-order valence-corrected chi connectivity index (χ0v) is 15.7. The van der Waals surface area contributed by atoms with Gasteiger partial charge in [-0.3, -0.25) is 4.79 Å². The molecule has 1 heterocycles. The fourth-order valence-electron chi connectivity index (χ4n) is 2.29. The molecule has 0 radical (unpaired) electrons. The first-order valence-electron chi connectivity index (χ1n) is 7.58. The molecule has 1 aliphatic rings. The molecule has 1 unspecified atom stereocenters. The van der Waals surface area contributed by atoms with E-state index in [4.69, 9.17) is 16.3 Å². The minimum Gasteiger partial charge on any atom is -0.493 e. The molecule has 1 saturated heterocycles. The molecular formula is C16H24Cl2N2O2S. The molecule has 130 valence electrons. The summed E-state index contributed by atoms with van der Waals surface area (Å²) in [6.45, 7) is 2.29. The predicted octanol–water partition coefficient (Wildman–Crippen LogP) is 3.08. The van der Waals surface area contributed by atoms with E-state index in [1.54, 1.807) is 11.0 Å². The zero-order valence-electron chi connectivity index (χ0n) is 13.3. The molecule has 0 bridgehead atoms. The number of nitrogens with one attached hydrogen (secondary N) is 1. The molecule has 4 nitrogen and oxygen atoms in total. The van der Waals surface area contributed by atoms with Gasteiger partial charge < -0.3 is 15.0 Å². The number of ether oxygens (including phenoxy) is 1. The van der Waals surface area contributed by atoms with Crippen LogP contribution in [-0.2, 0) is 4.79 Å². The summed E-state index contributed by atoms with van der Waals surface area (Å²) in [6, 6.07) is 7.67. The number of hydrogen-bond acceptors (Lipinski definition) is 4. The van der Waals surface area contributed by atoms with Crippen LogP contribution < -0.4 is 10.1 Å². The van der Waals surface area contributed by atoms with Crippen LogP contribution in [0.4, 0.5) is 0 Å². The van der Waals surface area contributed by atoms with Gasteiger partial charge in [-0.1, -0.05) is 17.7 Å². The Balaban J connectivity index is 0.00000264. The van der Waals surface area contributed by atoms with Gasteiger partial charge in [0.25, 0.3) is 0 Å². The van der Waals surface area contributed by atoms with Crippen molar-refractivity contribution < 1.29 is 9.53 Å². The van der Waals surface area contributed by atoms with Crippen LogP contribution in [0.5, 0.6) is 5.75 Å². The van der Waals surface area contributed by atoms with Gasteiger partial charge in [0.2, 0.25) is 5.91 Å². The highest BCUT2D eigenvalue weighted by Crippen LogP contribution is 2.17. The monoisotopic (exact) mass is 378 g/mol. The molecular weight excluding hydrogens is 355 g/mol. The summed E-state index contributed by atoms with van der Waals surface area (Å²) in [7, 11) is 1.86. The van der Waals surface area contributed by atoms with Crippen LogP contribution in [0.15, 0.2) is 24.3 Å². The standard InChI is InChI=1S/C16H23ClN2O2S.ClH/c1-19(16(20)11-14-12-22-9-6-18-14)7-3-8-21-15-5-2-4-13(17)10-15;/h2,4-5,10,14,18H,3,6-9,11-12H2,1H3;1H. The van der Waals surface area contributed by atoms with E-state index in [2.05, 4.69) is 5.32 Å². The Morgan fingerprint density at radius 3 is 3.04 bits per heavy atom. The lowest BCUT2D eigenvalue weighted by Crippen LogP contribution is -2.42. The molecule has 1 N–H and O–H groups in total. The Hall–Kier alpha value is -0.620. The van der Waals surface area contributed by atoms with Crippen LogP contribution in [0.1, 0.15) is 12.8 Å². The smallest absolute Gasteiger partial charge is 0.223 e. The van der Waals surface area contributed by atoms with Gasteiger partial charge in [0.15, 0.2) is 0 Å². The van der Waals surface area contributed by atoms with Crippen LogP contribution in [0.25, 0.3) is 0 Å². The first kappa shape index (κ1) is 20.4. The van der Waals surface area contributed by atoms with E-state index in [-0.39, 0.29) is 18.3 Å². The number of carbonyl (C=O) groups is 1. The van der Waals surface area contributed by atoms with Crippen LogP contribution in [0.2, 0.25) is 5.02 Å². The molecule has 0 saturated carbocycles. The van der Waals surface area contributed by atoms with Gasteiger partial charge >= 0.3 is 0 Å². The Morgan fingerprint density at radius 2 is 2.35 bits per heavy atom. The second-order valence-electron chi connectivity index (χ2n) is 5.40. The summed E-state index contributed by atoms with van der Waals surface area (Å²) in [4.78, 5) is 13.9. The Labute approximate surface area is 153 Å². The molecule has 0 aliphatic carbocycles. The number of benzene rings is 1. The fraction of sp³-hybridized carbons (Fsp3) is 0.562. The Morgan fingerprint density at radius 1 is 1.52 bits per heavy atom. The molecule has 7 heteroatoms. The van der Waals surface area contributed by atoms with Gasteiger partial charge in [-0.25, -0.2) is 0 Å². The number of hydrogen-bond donors (Lipinski definition) is 1. The molecule has 1 aromatic carbocycles. The second-order valence-corrected chi connectivity index (χ2v) is 6.99. The third-order valence-electron chi connectivity index (χ3n) is 3.55. The largest absolute Gasteiger partial charge is 0.493 e. The number of rotatable bonds is 7. The Kier molecular flexibility index (Phi) is 9.79. The molecule has 1 atom stereocenters. The molecule has 2 rings (SSSR count). The van der Waals surface area contributed by atoms with Crippen molar-refractivity contribution in [2.45, 2.75) is 18.9 Å². The SMILES string of the molecule is CN(CCCOc1cccc(Cl)c1)C(=O)CC1CSCCN1.Cl. The van der Waals surface area contributed by atoms with Crippen molar-refractivity contribution in [3.05, 3.63) is 29.3 Å². The maximum absolute atomic E-state index is 12.1. The lowest BCUT2D eigenvalue weighted by atomic mass is 10.2. The first-order chi connectivity index (χ1) is 10.6. The van der Waals surface area contributed by atoms with E-state index < -0.39 is 0 Å². The van der Waals surface area contributed by atoms with Gasteiger partial charge in [0.05, 0.1) is 6.61 Å².